The summed E-state index contributed by atoms with van der Waals surface area (Å²) in [6.07, 6.45) is 0. The van der Waals surface area contributed by atoms with Crippen LogP contribution in [0, 0.1) is 0 Å². The molecule has 0 bridgehead atoms. The van der Waals surface area contributed by atoms with E-state index in [2.05, 4.69) is 4.98 Å². The molecule has 0 saturated heterocycles. The van der Waals surface area contributed by atoms with Crippen molar-refractivity contribution in [1.29, 1.82) is 0 Å². The van der Waals surface area contributed by atoms with Gasteiger partial charge in [-0.25, -0.2) is 4.98 Å². The van der Waals surface area contributed by atoms with Crippen molar-refractivity contribution in [3.63, 3.8) is 0 Å². The summed E-state index contributed by atoms with van der Waals surface area (Å²) in [7, 11) is 7.09. The molecule has 2 aromatic carbocycles. The molecule has 0 radical (unpaired) electrons. The molecule has 7 nitrogen and oxygen atoms in total. The molecule has 0 aliphatic carbocycles. The number of benzene rings is 2. The Balaban J connectivity index is 1.84. The first-order chi connectivity index (χ1) is 14.4. The fourth-order valence-corrected chi connectivity index (χ4v) is 3.88. The summed E-state index contributed by atoms with van der Waals surface area (Å²) in [5.41, 5.74) is 0.744. The highest BCUT2D eigenvalue weighted by Crippen LogP contribution is 2.37. The van der Waals surface area contributed by atoms with Gasteiger partial charge < -0.3 is 19.1 Å². The number of carbonyl (C=O) groups is 1. The zero-order valence-corrected chi connectivity index (χ0v) is 18.9. The van der Waals surface area contributed by atoms with Crippen LogP contribution >= 0.6 is 22.9 Å². The van der Waals surface area contributed by atoms with Crippen LogP contribution < -0.4 is 19.1 Å². The largest absolute Gasteiger partial charge is 0.493 e. The van der Waals surface area contributed by atoms with E-state index in [1.165, 1.54) is 11.3 Å². The molecule has 0 N–H and O–H groups in total. The lowest BCUT2D eigenvalue weighted by Gasteiger charge is -2.22. The number of aromatic nitrogens is 1. The Morgan fingerprint density at radius 3 is 2.37 bits per heavy atom. The van der Waals surface area contributed by atoms with E-state index in [0.717, 1.165) is 10.2 Å². The van der Waals surface area contributed by atoms with E-state index in [0.29, 0.717) is 40.5 Å². The number of ether oxygens (including phenoxy) is 3. The van der Waals surface area contributed by atoms with Crippen molar-refractivity contribution in [2.24, 2.45) is 0 Å². The molecule has 160 valence electrons. The van der Waals surface area contributed by atoms with E-state index in [-0.39, 0.29) is 12.5 Å². The Morgan fingerprint density at radius 2 is 1.73 bits per heavy atom. The van der Waals surface area contributed by atoms with Gasteiger partial charge in [0, 0.05) is 30.2 Å². The third-order valence-electron chi connectivity index (χ3n) is 4.36. The molecule has 0 aliphatic rings. The molecule has 0 atom stereocenters. The summed E-state index contributed by atoms with van der Waals surface area (Å²) < 4.78 is 17.3. The van der Waals surface area contributed by atoms with Crippen molar-refractivity contribution in [2.75, 3.05) is 52.9 Å². The zero-order valence-electron chi connectivity index (χ0n) is 17.3. The number of amides is 1. The SMILES string of the molecule is COc1cc2nc(N(CCN(C)C)C(=O)COc3ccc(Cl)cc3)sc2cc1OC. The Morgan fingerprint density at radius 1 is 1.07 bits per heavy atom. The standard InChI is InChI=1S/C21H24ClN3O4S/c1-24(2)9-10-25(20(26)13-29-15-7-5-14(22)6-8-15)21-23-16-11-17(27-3)18(28-4)12-19(16)30-21/h5-8,11-12H,9-10,13H2,1-4H3. The lowest BCUT2D eigenvalue weighted by molar-refractivity contribution is -0.120. The lowest BCUT2D eigenvalue weighted by atomic mass is 10.3. The number of carbonyl (C=O) groups excluding carboxylic acids is 1. The van der Waals surface area contributed by atoms with Crippen LogP contribution in [0.3, 0.4) is 0 Å². The minimum absolute atomic E-state index is 0.0996. The van der Waals surface area contributed by atoms with Crippen molar-refractivity contribution in [3.05, 3.63) is 41.4 Å². The Hall–Kier alpha value is -2.55. The fraction of sp³-hybridized carbons (Fsp3) is 0.333. The van der Waals surface area contributed by atoms with Crippen LogP contribution in [-0.2, 0) is 4.79 Å². The number of methoxy groups -OCH3 is 2. The average molecular weight is 450 g/mol. The number of thiazole rings is 1. The average Bonchev–Trinajstić information content (AvgIpc) is 3.14. The Bertz CT molecular complexity index is 966. The van der Waals surface area contributed by atoms with E-state index >= 15 is 0 Å². The van der Waals surface area contributed by atoms with Gasteiger partial charge in [-0.15, -0.1) is 0 Å². The first-order valence-electron chi connectivity index (χ1n) is 9.27. The minimum Gasteiger partial charge on any atom is -0.493 e. The minimum atomic E-state index is -0.176. The number of fused-ring (bicyclic) bond motifs is 1. The molecule has 30 heavy (non-hydrogen) atoms. The normalized spacial score (nSPS) is 11.0. The first-order valence-corrected chi connectivity index (χ1v) is 10.5. The van der Waals surface area contributed by atoms with Gasteiger partial charge in [0.1, 0.15) is 5.75 Å². The second-order valence-corrected chi connectivity index (χ2v) is 8.21. The first kappa shape index (κ1) is 22.1. The van der Waals surface area contributed by atoms with E-state index < -0.39 is 0 Å². The number of rotatable bonds is 9. The fourth-order valence-electron chi connectivity index (χ4n) is 2.74. The maximum atomic E-state index is 13.0. The van der Waals surface area contributed by atoms with E-state index in [4.69, 9.17) is 25.8 Å². The molecule has 3 rings (SSSR count). The zero-order chi connectivity index (χ0) is 21.7. The van der Waals surface area contributed by atoms with Gasteiger partial charge in [0.25, 0.3) is 5.91 Å². The van der Waals surface area contributed by atoms with Crippen molar-refractivity contribution in [1.82, 2.24) is 9.88 Å². The van der Waals surface area contributed by atoms with Crippen LogP contribution in [0.4, 0.5) is 5.13 Å². The molecule has 1 amide bonds. The molecule has 1 heterocycles. The lowest BCUT2D eigenvalue weighted by Crippen LogP contribution is -2.39. The summed E-state index contributed by atoms with van der Waals surface area (Å²) >= 11 is 7.32. The summed E-state index contributed by atoms with van der Waals surface area (Å²) in [6.45, 7) is 1.08. The Labute approximate surface area is 184 Å². The molecule has 0 fully saturated rings. The van der Waals surface area contributed by atoms with Crippen LogP contribution in [-0.4, -0.2) is 63.8 Å². The predicted molar refractivity (Wildman–Crippen MR) is 121 cm³/mol. The van der Waals surface area contributed by atoms with Crippen molar-refractivity contribution in [3.8, 4) is 17.2 Å². The topological polar surface area (TPSA) is 64.1 Å². The van der Waals surface area contributed by atoms with E-state index in [1.807, 2.05) is 31.1 Å². The van der Waals surface area contributed by atoms with Gasteiger partial charge in [0.2, 0.25) is 0 Å². The van der Waals surface area contributed by atoms with Crippen LogP contribution in [0.25, 0.3) is 10.2 Å². The molecule has 9 heteroatoms. The summed E-state index contributed by atoms with van der Waals surface area (Å²) in [6, 6.07) is 10.6. The second kappa shape index (κ2) is 9.97. The second-order valence-electron chi connectivity index (χ2n) is 6.76. The highest BCUT2D eigenvalue weighted by atomic mass is 35.5. The third-order valence-corrected chi connectivity index (χ3v) is 5.65. The van der Waals surface area contributed by atoms with Crippen LogP contribution in [0.5, 0.6) is 17.2 Å². The van der Waals surface area contributed by atoms with Gasteiger partial charge >= 0.3 is 0 Å². The smallest absolute Gasteiger partial charge is 0.266 e. The highest BCUT2D eigenvalue weighted by molar-refractivity contribution is 7.22. The van der Waals surface area contributed by atoms with Crippen LogP contribution in [0.1, 0.15) is 0 Å². The quantitative estimate of drug-likeness (QED) is 0.493. The van der Waals surface area contributed by atoms with E-state index in [9.17, 15) is 4.79 Å². The Kier molecular flexibility index (Phi) is 7.36. The summed E-state index contributed by atoms with van der Waals surface area (Å²) in [5.74, 6) is 1.63. The van der Waals surface area contributed by atoms with Gasteiger partial charge in [0.15, 0.2) is 23.2 Å². The maximum Gasteiger partial charge on any atom is 0.266 e. The number of hydrogen-bond donors (Lipinski definition) is 0. The van der Waals surface area contributed by atoms with Crippen molar-refractivity contribution in [2.45, 2.75) is 0 Å². The van der Waals surface area contributed by atoms with Crippen molar-refractivity contribution >= 4 is 44.2 Å². The van der Waals surface area contributed by atoms with E-state index in [1.54, 1.807) is 43.4 Å². The van der Waals surface area contributed by atoms with Gasteiger partial charge in [-0.1, -0.05) is 22.9 Å². The molecule has 0 aliphatic heterocycles. The van der Waals surface area contributed by atoms with Gasteiger partial charge in [0.05, 0.1) is 24.4 Å². The molecular weight excluding hydrogens is 426 g/mol. The maximum absolute atomic E-state index is 13.0. The van der Waals surface area contributed by atoms with Gasteiger partial charge in [-0.2, -0.15) is 0 Å². The monoisotopic (exact) mass is 449 g/mol. The van der Waals surface area contributed by atoms with Crippen LogP contribution in [0.2, 0.25) is 5.02 Å². The summed E-state index contributed by atoms with van der Waals surface area (Å²) in [4.78, 5) is 21.3. The number of hydrogen-bond acceptors (Lipinski definition) is 7. The molecule has 3 aromatic rings. The molecular formula is C21H24ClN3O4S. The third kappa shape index (κ3) is 5.33. The number of nitrogens with zero attached hydrogens (tertiary/aromatic N) is 3. The number of anilines is 1. The molecule has 0 spiro atoms. The number of halogens is 1. The highest BCUT2D eigenvalue weighted by Gasteiger charge is 2.21. The molecule has 0 saturated carbocycles. The predicted octanol–water partition coefficient (Wildman–Crippen LogP) is 3.94. The molecule has 0 unspecified atom stereocenters. The summed E-state index contributed by atoms with van der Waals surface area (Å²) in [5, 5.41) is 1.22. The molecule has 1 aromatic heterocycles. The van der Waals surface area contributed by atoms with Crippen molar-refractivity contribution < 1.29 is 19.0 Å². The number of likely N-dealkylation sites (N-methyl/N-ethyl adjacent to an activating group) is 1. The van der Waals surface area contributed by atoms with Gasteiger partial charge in [-0.05, 0) is 38.4 Å². The van der Waals surface area contributed by atoms with Crippen LogP contribution in [0.15, 0.2) is 36.4 Å². The van der Waals surface area contributed by atoms with Gasteiger partial charge in [-0.3, -0.25) is 9.69 Å².